The van der Waals surface area contributed by atoms with Crippen LogP contribution in [0.1, 0.15) is 48.9 Å². The topological polar surface area (TPSA) is 55.4 Å². The van der Waals surface area contributed by atoms with Gasteiger partial charge in [0, 0.05) is 0 Å². The van der Waals surface area contributed by atoms with Crippen LogP contribution in [0, 0.1) is 17.6 Å². The molecule has 1 saturated carbocycles. The third-order valence-corrected chi connectivity index (χ3v) is 4.28. The van der Waals surface area contributed by atoms with Crippen LogP contribution in [-0.2, 0) is 9.53 Å². The number of methoxy groups -OCH3 is 1. The molecule has 1 fully saturated rings. The van der Waals surface area contributed by atoms with Gasteiger partial charge in [0.25, 0.3) is 5.91 Å². The van der Waals surface area contributed by atoms with Crippen LogP contribution in [-0.4, -0.2) is 25.0 Å². The molecule has 0 heterocycles. The maximum Gasteiger partial charge on any atom is 0.328 e. The van der Waals surface area contributed by atoms with Gasteiger partial charge in [-0.3, -0.25) is 4.79 Å². The largest absolute Gasteiger partial charge is 0.467 e. The van der Waals surface area contributed by atoms with E-state index >= 15 is 0 Å². The molecule has 0 aromatic heterocycles. The molecule has 23 heavy (non-hydrogen) atoms. The Balaban J connectivity index is 2.08. The average Bonchev–Trinajstić information content (AvgIpc) is 2.56. The van der Waals surface area contributed by atoms with Gasteiger partial charge in [-0.05, 0) is 24.5 Å². The number of halogens is 2. The highest BCUT2D eigenvalue weighted by Gasteiger charge is 2.28. The molecule has 1 aliphatic carbocycles. The summed E-state index contributed by atoms with van der Waals surface area (Å²) in [5.74, 6) is -3.37. The molecule has 1 aromatic rings. The molecule has 126 valence electrons. The number of esters is 1. The van der Waals surface area contributed by atoms with Crippen molar-refractivity contribution >= 4 is 11.9 Å². The maximum atomic E-state index is 13.7. The molecule has 1 amide bonds. The summed E-state index contributed by atoms with van der Waals surface area (Å²) in [7, 11) is 1.24. The van der Waals surface area contributed by atoms with E-state index in [2.05, 4.69) is 5.32 Å². The van der Waals surface area contributed by atoms with Crippen molar-refractivity contribution in [3.63, 3.8) is 0 Å². The lowest BCUT2D eigenvalue weighted by atomic mass is 9.84. The van der Waals surface area contributed by atoms with E-state index in [0.717, 1.165) is 31.7 Å². The van der Waals surface area contributed by atoms with Crippen LogP contribution < -0.4 is 5.32 Å². The number of hydrogen-bond donors (Lipinski definition) is 1. The van der Waals surface area contributed by atoms with Crippen molar-refractivity contribution in [3.8, 4) is 0 Å². The second kappa shape index (κ2) is 8.04. The van der Waals surface area contributed by atoms with Crippen LogP contribution >= 0.6 is 0 Å². The summed E-state index contributed by atoms with van der Waals surface area (Å²) in [6, 6.07) is 2.52. The van der Waals surface area contributed by atoms with Gasteiger partial charge in [0.1, 0.15) is 6.04 Å². The number of ether oxygens (including phenoxy) is 1. The first-order valence-electron chi connectivity index (χ1n) is 7.85. The van der Waals surface area contributed by atoms with E-state index in [9.17, 15) is 18.4 Å². The summed E-state index contributed by atoms with van der Waals surface area (Å²) >= 11 is 0. The van der Waals surface area contributed by atoms with Crippen LogP contribution in [0.2, 0.25) is 0 Å². The Bertz CT molecular complexity index is 571. The number of nitrogens with one attached hydrogen (secondary N) is 1. The first kappa shape index (κ1) is 17.4. The molecule has 0 spiro atoms. The van der Waals surface area contributed by atoms with Gasteiger partial charge < -0.3 is 10.1 Å². The Hall–Kier alpha value is -1.98. The fourth-order valence-corrected chi connectivity index (χ4v) is 3.03. The van der Waals surface area contributed by atoms with E-state index in [-0.39, 0.29) is 0 Å². The zero-order valence-corrected chi connectivity index (χ0v) is 13.1. The van der Waals surface area contributed by atoms with Crippen LogP contribution in [0.4, 0.5) is 8.78 Å². The zero-order valence-electron chi connectivity index (χ0n) is 13.1. The minimum atomic E-state index is -1.22. The molecular weight excluding hydrogens is 304 g/mol. The second-order valence-electron chi connectivity index (χ2n) is 5.89. The summed E-state index contributed by atoms with van der Waals surface area (Å²) < 4.78 is 31.6. The summed E-state index contributed by atoms with van der Waals surface area (Å²) in [4.78, 5) is 24.1. The predicted octanol–water partition coefficient (Wildman–Crippen LogP) is 3.21. The molecule has 1 aliphatic rings. The Morgan fingerprint density at radius 1 is 1.26 bits per heavy atom. The van der Waals surface area contributed by atoms with Gasteiger partial charge >= 0.3 is 5.97 Å². The molecule has 0 radical (unpaired) electrons. The van der Waals surface area contributed by atoms with E-state index in [4.69, 9.17) is 4.74 Å². The normalized spacial score (nSPS) is 16.7. The highest BCUT2D eigenvalue weighted by Crippen LogP contribution is 2.27. The van der Waals surface area contributed by atoms with Crippen molar-refractivity contribution in [1.29, 1.82) is 0 Å². The lowest BCUT2D eigenvalue weighted by molar-refractivity contribution is -0.143. The molecule has 6 heteroatoms. The number of amides is 1. The monoisotopic (exact) mass is 325 g/mol. The quantitative estimate of drug-likeness (QED) is 0.846. The van der Waals surface area contributed by atoms with Crippen LogP contribution in [0.3, 0.4) is 0 Å². The standard InChI is InChI=1S/C17H21F2NO3/c1-23-17(22)14(10-11-6-3-2-4-7-11)20-16(21)12-8-5-9-13(18)15(12)19/h5,8-9,11,14H,2-4,6-7,10H2,1H3,(H,20,21). The van der Waals surface area contributed by atoms with Gasteiger partial charge in [-0.25, -0.2) is 13.6 Å². The van der Waals surface area contributed by atoms with Crippen molar-refractivity contribution in [2.24, 2.45) is 5.92 Å². The van der Waals surface area contributed by atoms with Gasteiger partial charge in [-0.1, -0.05) is 38.2 Å². The van der Waals surface area contributed by atoms with Gasteiger partial charge in [0.2, 0.25) is 0 Å². The second-order valence-corrected chi connectivity index (χ2v) is 5.89. The van der Waals surface area contributed by atoms with Crippen molar-refractivity contribution < 1.29 is 23.1 Å². The van der Waals surface area contributed by atoms with Gasteiger partial charge in [0.05, 0.1) is 12.7 Å². The molecule has 4 nitrogen and oxygen atoms in total. The first-order chi connectivity index (χ1) is 11.0. The highest BCUT2D eigenvalue weighted by atomic mass is 19.2. The van der Waals surface area contributed by atoms with Crippen molar-refractivity contribution in [1.82, 2.24) is 5.32 Å². The van der Waals surface area contributed by atoms with E-state index in [1.54, 1.807) is 0 Å². The third kappa shape index (κ3) is 4.50. The Morgan fingerprint density at radius 3 is 2.61 bits per heavy atom. The molecule has 0 bridgehead atoms. The Labute approximate surface area is 134 Å². The van der Waals surface area contributed by atoms with E-state index in [0.29, 0.717) is 12.3 Å². The first-order valence-corrected chi connectivity index (χ1v) is 7.85. The summed E-state index contributed by atoms with van der Waals surface area (Å²) in [6.45, 7) is 0. The number of hydrogen-bond acceptors (Lipinski definition) is 3. The molecule has 0 saturated heterocycles. The molecule has 1 unspecified atom stereocenters. The molecule has 2 rings (SSSR count). The average molecular weight is 325 g/mol. The smallest absolute Gasteiger partial charge is 0.328 e. The minimum absolute atomic E-state index is 0.325. The summed E-state index contributed by atoms with van der Waals surface area (Å²) in [5.41, 5.74) is -0.414. The van der Waals surface area contributed by atoms with E-state index in [1.165, 1.54) is 25.7 Å². The van der Waals surface area contributed by atoms with Crippen molar-refractivity contribution in [3.05, 3.63) is 35.4 Å². The summed E-state index contributed by atoms with van der Waals surface area (Å²) in [6.07, 6.45) is 5.83. The lowest BCUT2D eigenvalue weighted by Gasteiger charge is -2.25. The highest BCUT2D eigenvalue weighted by molar-refractivity contribution is 5.97. The van der Waals surface area contributed by atoms with Gasteiger partial charge in [-0.15, -0.1) is 0 Å². The van der Waals surface area contributed by atoms with Crippen LogP contribution in [0.15, 0.2) is 18.2 Å². The molecule has 1 aromatic carbocycles. The fourth-order valence-electron chi connectivity index (χ4n) is 3.03. The fraction of sp³-hybridized carbons (Fsp3) is 0.529. The van der Waals surface area contributed by atoms with Crippen LogP contribution in [0.5, 0.6) is 0 Å². The van der Waals surface area contributed by atoms with Gasteiger partial charge in [-0.2, -0.15) is 0 Å². The van der Waals surface area contributed by atoms with E-state index < -0.39 is 35.1 Å². The van der Waals surface area contributed by atoms with Crippen molar-refractivity contribution in [2.75, 3.05) is 7.11 Å². The molecule has 1 atom stereocenters. The molecule has 0 aliphatic heterocycles. The Kier molecular flexibility index (Phi) is 6.07. The van der Waals surface area contributed by atoms with Crippen LogP contribution in [0.25, 0.3) is 0 Å². The summed E-state index contributed by atoms with van der Waals surface area (Å²) in [5, 5.41) is 2.48. The lowest BCUT2D eigenvalue weighted by Crippen LogP contribution is -2.43. The minimum Gasteiger partial charge on any atom is -0.467 e. The van der Waals surface area contributed by atoms with Crippen molar-refractivity contribution in [2.45, 2.75) is 44.6 Å². The Morgan fingerprint density at radius 2 is 1.96 bits per heavy atom. The van der Waals surface area contributed by atoms with Gasteiger partial charge in [0.15, 0.2) is 11.6 Å². The number of rotatable bonds is 5. The zero-order chi connectivity index (χ0) is 16.8. The number of carbonyl (C=O) groups is 2. The third-order valence-electron chi connectivity index (χ3n) is 4.28. The van der Waals surface area contributed by atoms with E-state index in [1.807, 2.05) is 0 Å². The molecule has 1 N–H and O–H groups in total. The number of benzene rings is 1. The molecular formula is C17H21F2NO3. The predicted molar refractivity (Wildman–Crippen MR) is 80.8 cm³/mol. The number of carbonyl (C=O) groups excluding carboxylic acids is 2. The SMILES string of the molecule is COC(=O)C(CC1CCCCC1)NC(=O)c1cccc(F)c1F. The maximum absolute atomic E-state index is 13.7.